The van der Waals surface area contributed by atoms with Gasteiger partial charge in [-0.2, -0.15) is 0 Å². The third kappa shape index (κ3) is 4.55. The summed E-state index contributed by atoms with van der Waals surface area (Å²) in [5.41, 5.74) is 2.01. The first-order valence-corrected chi connectivity index (χ1v) is 13.1. The number of ether oxygens (including phenoxy) is 2. The molecule has 1 aromatic carbocycles. The van der Waals surface area contributed by atoms with Gasteiger partial charge in [0.05, 0.1) is 32.0 Å². The summed E-state index contributed by atoms with van der Waals surface area (Å²) in [7, 11) is 3.08. The third-order valence-electron chi connectivity index (χ3n) is 8.13. The molecule has 3 aromatic rings. The average Bonchev–Trinajstić information content (AvgIpc) is 3.77. The lowest BCUT2D eigenvalue weighted by Crippen LogP contribution is -2.52. The van der Waals surface area contributed by atoms with E-state index in [1.165, 1.54) is 13.5 Å². The number of methoxy groups -OCH3 is 2. The predicted octanol–water partition coefficient (Wildman–Crippen LogP) is 5.21. The van der Waals surface area contributed by atoms with Crippen molar-refractivity contribution in [3.8, 4) is 39.9 Å². The van der Waals surface area contributed by atoms with Crippen molar-refractivity contribution in [2.24, 2.45) is 11.8 Å². The number of pyridine rings is 1. The quantitative estimate of drug-likeness (QED) is 0.468. The van der Waals surface area contributed by atoms with Crippen LogP contribution in [-0.2, 0) is 0 Å². The van der Waals surface area contributed by atoms with Gasteiger partial charge in [0.15, 0.2) is 17.4 Å². The summed E-state index contributed by atoms with van der Waals surface area (Å²) in [6, 6.07) is 7.22. The molecule has 3 aliphatic carbocycles. The summed E-state index contributed by atoms with van der Waals surface area (Å²) in [4.78, 5) is 11.0. The van der Waals surface area contributed by atoms with Crippen LogP contribution in [0.4, 0.5) is 10.2 Å². The fourth-order valence-corrected chi connectivity index (χ4v) is 6.17. The van der Waals surface area contributed by atoms with E-state index in [2.05, 4.69) is 25.1 Å². The first-order valence-electron chi connectivity index (χ1n) is 13.1. The standard InChI is InChI=1S/C28H32FN5O3/c1-36-24-13-19(14-31-28(24)37-2)17-6-9-21(23(35)12-17)27-30-15-25(32-33-27)34(20-7-8-20)22-11-16-4-3-5-18(10-16)26(22)29/h6,9,12-16,18,20,22,26,35H,3-5,7-8,10-11H2,1-2H3/t16-,18+,22+,26-/m0/s1. The van der Waals surface area contributed by atoms with E-state index < -0.39 is 6.17 Å². The Balaban J connectivity index is 1.25. The van der Waals surface area contributed by atoms with Gasteiger partial charge >= 0.3 is 0 Å². The molecule has 0 radical (unpaired) electrons. The minimum Gasteiger partial charge on any atom is -0.507 e. The minimum absolute atomic E-state index is 0.0322. The third-order valence-corrected chi connectivity index (χ3v) is 8.13. The monoisotopic (exact) mass is 505 g/mol. The molecule has 2 bridgehead atoms. The van der Waals surface area contributed by atoms with Crippen molar-refractivity contribution >= 4 is 5.82 Å². The molecule has 0 aliphatic heterocycles. The smallest absolute Gasteiger partial charge is 0.256 e. The Bertz CT molecular complexity index is 1270. The lowest BCUT2D eigenvalue weighted by atomic mass is 9.69. The molecule has 0 unspecified atom stereocenters. The van der Waals surface area contributed by atoms with Crippen LogP contribution in [0.25, 0.3) is 22.5 Å². The van der Waals surface area contributed by atoms with E-state index in [0.29, 0.717) is 40.8 Å². The second-order valence-corrected chi connectivity index (χ2v) is 10.5. The topological polar surface area (TPSA) is 93.5 Å². The van der Waals surface area contributed by atoms with Crippen molar-refractivity contribution < 1.29 is 19.0 Å². The Morgan fingerprint density at radius 2 is 1.81 bits per heavy atom. The largest absolute Gasteiger partial charge is 0.507 e. The summed E-state index contributed by atoms with van der Waals surface area (Å²) in [5.74, 6) is 2.65. The highest BCUT2D eigenvalue weighted by atomic mass is 19.1. The van der Waals surface area contributed by atoms with Gasteiger partial charge in [-0.25, -0.2) is 14.4 Å². The Labute approximate surface area is 215 Å². The predicted molar refractivity (Wildman–Crippen MR) is 138 cm³/mol. The van der Waals surface area contributed by atoms with Crippen LogP contribution in [0, 0.1) is 11.8 Å². The Morgan fingerprint density at radius 3 is 2.51 bits per heavy atom. The zero-order valence-electron chi connectivity index (χ0n) is 21.2. The van der Waals surface area contributed by atoms with Crippen molar-refractivity contribution in [2.75, 3.05) is 19.1 Å². The Hall–Kier alpha value is -3.49. The molecule has 3 saturated carbocycles. The molecule has 9 heteroatoms. The molecular formula is C28H32FN5O3. The van der Waals surface area contributed by atoms with Crippen LogP contribution in [0.1, 0.15) is 44.9 Å². The summed E-state index contributed by atoms with van der Waals surface area (Å²) < 4.78 is 26.1. The van der Waals surface area contributed by atoms with Gasteiger partial charge < -0.3 is 19.5 Å². The van der Waals surface area contributed by atoms with E-state index in [9.17, 15) is 5.11 Å². The number of phenolic OH excluding ortho intramolecular Hbond substituents is 1. The number of hydrogen-bond acceptors (Lipinski definition) is 8. The van der Waals surface area contributed by atoms with E-state index in [4.69, 9.17) is 9.47 Å². The van der Waals surface area contributed by atoms with E-state index >= 15 is 4.39 Å². The van der Waals surface area contributed by atoms with Crippen LogP contribution >= 0.6 is 0 Å². The highest BCUT2D eigenvalue weighted by molar-refractivity contribution is 5.73. The van der Waals surface area contributed by atoms with Crippen LogP contribution in [0.2, 0.25) is 0 Å². The lowest BCUT2D eigenvalue weighted by molar-refractivity contribution is 0.0631. The molecular weight excluding hydrogens is 473 g/mol. The number of phenols is 1. The SMILES string of the molecule is COc1cc(-c2ccc(-c3ncc(N(C4CC4)[C@@H]4C[C@H]5CCC[C@H](C5)[C@@H]4F)nn3)c(O)c2)cnc1OC. The number of hydrogen-bond donors (Lipinski definition) is 1. The maximum atomic E-state index is 15.5. The molecule has 8 nitrogen and oxygen atoms in total. The number of nitrogens with zero attached hydrogens (tertiary/aromatic N) is 5. The van der Waals surface area contributed by atoms with Crippen LogP contribution in [-0.4, -0.2) is 57.7 Å². The summed E-state index contributed by atoms with van der Waals surface area (Å²) >= 11 is 0. The highest BCUT2D eigenvalue weighted by Crippen LogP contribution is 2.46. The first-order chi connectivity index (χ1) is 18.1. The highest BCUT2D eigenvalue weighted by Gasteiger charge is 2.46. The zero-order valence-corrected chi connectivity index (χ0v) is 21.2. The summed E-state index contributed by atoms with van der Waals surface area (Å²) in [5, 5.41) is 19.6. The van der Waals surface area contributed by atoms with E-state index in [1.807, 2.05) is 6.07 Å². The number of anilines is 1. The molecule has 0 spiro atoms. The average molecular weight is 506 g/mol. The molecule has 194 valence electrons. The molecule has 6 rings (SSSR count). The fraction of sp³-hybridized carbons (Fsp3) is 0.500. The Morgan fingerprint density at radius 1 is 0.946 bits per heavy atom. The van der Waals surface area contributed by atoms with Crippen molar-refractivity contribution in [3.63, 3.8) is 0 Å². The van der Waals surface area contributed by atoms with Gasteiger partial charge in [-0.3, -0.25) is 0 Å². The number of halogens is 1. The van der Waals surface area contributed by atoms with Crippen LogP contribution < -0.4 is 14.4 Å². The number of rotatable bonds is 7. The van der Waals surface area contributed by atoms with Crippen molar-refractivity contribution in [1.82, 2.24) is 20.2 Å². The van der Waals surface area contributed by atoms with Crippen molar-refractivity contribution in [1.29, 1.82) is 0 Å². The number of fused-ring (bicyclic) bond motifs is 2. The van der Waals surface area contributed by atoms with E-state index in [1.54, 1.807) is 37.7 Å². The second-order valence-electron chi connectivity index (χ2n) is 10.5. The maximum absolute atomic E-state index is 15.5. The summed E-state index contributed by atoms with van der Waals surface area (Å²) in [6.07, 6.45) is 9.85. The summed E-state index contributed by atoms with van der Waals surface area (Å²) in [6.45, 7) is 0. The molecule has 2 aromatic heterocycles. The number of aromatic nitrogens is 4. The van der Waals surface area contributed by atoms with Crippen LogP contribution in [0.15, 0.2) is 36.7 Å². The molecule has 2 heterocycles. The lowest BCUT2D eigenvalue weighted by Gasteiger charge is -2.46. The van der Waals surface area contributed by atoms with Gasteiger partial charge in [-0.1, -0.05) is 18.9 Å². The second kappa shape index (κ2) is 9.76. The van der Waals surface area contributed by atoms with Gasteiger partial charge in [-0.05, 0) is 67.7 Å². The van der Waals surface area contributed by atoms with Crippen LogP contribution in [0.5, 0.6) is 17.4 Å². The van der Waals surface area contributed by atoms with E-state index in [0.717, 1.165) is 49.7 Å². The number of alkyl halides is 1. The van der Waals surface area contributed by atoms with Gasteiger partial charge in [0.2, 0.25) is 0 Å². The first kappa shape index (κ1) is 23.9. The van der Waals surface area contributed by atoms with Gasteiger partial charge in [0, 0.05) is 17.8 Å². The maximum Gasteiger partial charge on any atom is 0.256 e. The van der Waals surface area contributed by atoms with Gasteiger partial charge in [0.1, 0.15) is 11.9 Å². The van der Waals surface area contributed by atoms with Crippen molar-refractivity contribution in [2.45, 2.75) is 63.2 Å². The molecule has 3 aliphatic rings. The Kier molecular flexibility index (Phi) is 6.30. The van der Waals surface area contributed by atoms with Gasteiger partial charge in [-0.15, -0.1) is 10.2 Å². The molecule has 37 heavy (non-hydrogen) atoms. The molecule has 0 saturated heterocycles. The minimum atomic E-state index is -0.832. The molecule has 3 fully saturated rings. The number of aromatic hydroxyl groups is 1. The zero-order chi connectivity index (χ0) is 25.5. The van der Waals surface area contributed by atoms with Crippen LogP contribution in [0.3, 0.4) is 0 Å². The number of benzene rings is 1. The van der Waals surface area contributed by atoms with Gasteiger partial charge in [0.25, 0.3) is 5.88 Å². The normalized spacial score (nSPS) is 24.9. The van der Waals surface area contributed by atoms with E-state index in [-0.39, 0.29) is 17.7 Å². The molecule has 4 atom stereocenters. The molecule has 1 N–H and O–H groups in total. The van der Waals surface area contributed by atoms with Crippen molar-refractivity contribution in [3.05, 3.63) is 36.7 Å². The fourth-order valence-electron chi connectivity index (χ4n) is 6.17. The molecule has 0 amide bonds.